The molecule has 1 heterocycles. The van der Waals surface area contributed by atoms with Gasteiger partial charge < -0.3 is 15.7 Å². The highest BCUT2D eigenvalue weighted by Gasteiger charge is 2.07. The van der Waals surface area contributed by atoms with Crippen LogP contribution in [0, 0.1) is 0 Å². The average Bonchev–Trinajstić information content (AvgIpc) is 2.22. The normalized spacial score (nSPS) is 9.71. The minimum Gasteiger partial charge on any atom is -0.494 e. The van der Waals surface area contributed by atoms with Crippen molar-refractivity contribution in [3.05, 3.63) is 28.0 Å². The molecule has 0 aliphatic heterocycles. The zero-order valence-electron chi connectivity index (χ0n) is 9.24. The first-order valence-electron chi connectivity index (χ1n) is 4.95. The topological polar surface area (TPSA) is 111 Å². The third kappa shape index (κ3) is 4.37. The molecular formula is C10H13N3O4. The van der Waals surface area contributed by atoms with Gasteiger partial charge >= 0.3 is 0 Å². The summed E-state index contributed by atoms with van der Waals surface area (Å²) in [5.41, 5.74) is -0.494. The van der Waals surface area contributed by atoms with Crippen molar-refractivity contribution in [2.24, 2.45) is 0 Å². The largest absolute Gasteiger partial charge is 0.494 e. The van der Waals surface area contributed by atoms with Gasteiger partial charge in [-0.05, 0) is 0 Å². The number of carbonyl (C=O) groups is 2. The molecule has 0 radical (unpaired) electrons. The Kier molecular flexibility index (Phi) is 4.27. The van der Waals surface area contributed by atoms with E-state index in [4.69, 9.17) is 5.11 Å². The Morgan fingerprint density at radius 1 is 1.29 bits per heavy atom. The van der Waals surface area contributed by atoms with Crippen molar-refractivity contribution in [3.8, 4) is 5.88 Å². The van der Waals surface area contributed by atoms with Crippen LogP contribution in [0.25, 0.3) is 0 Å². The molecule has 0 unspecified atom stereocenters. The van der Waals surface area contributed by atoms with E-state index in [1.54, 1.807) is 0 Å². The maximum atomic E-state index is 11.5. The molecule has 0 aliphatic carbocycles. The van der Waals surface area contributed by atoms with Gasteiger partial charge in [0, 0.05) is 32.1 Å². The van der Waals surface area contributed by atoms with Gasteiger partial charge in [-0.25, -0.2) is 0 Å². The van der Waals surface area contributed by atoms with Crippen LogP contribution >= 0.6 is 0 Å². The molecule has 4 N–H and O–H groups in total. The lowest BCUT2D eigenvalue weighted by atomic mass is 10.2. The molecule has 7 heteroatoms. The summed E-state index contributed by atoms with van der Waals surface area (Å²) < 4.78 is 0. The van der Waals surface area contributed by atoms with Crippen LogP contribution in [-0.4, -0.2) is 35.0 Å². The van der Waals surface area contributed by atoms with Gasteiger partial charge in [0.15, 0.2) is 5.88 Å². The number of nitrogens with one attached hydrogen (secondary N) is 3. The van der Waals surface area contributed by atoms with Crippen molar-refractivity contribution in [1.29, 1.82) is 0 Å². The predicted molar refractivity (Wildman–Crippen MR) is 59.7 cm³/mol. The molecule has 0 atom stereocenters. The molecule has 17 heavy (non-hydrogen) atoms. The highest BCUT2D eigenvalue weighted by atomic mass is 16.3. The van der Waals surface area contributed by atoms with Crippen LogP contribution in [0.4, 0.5) is 0 Å². The number of aromatic amines is 1. The Morgan fingerprint density at radius 3 is 2.53 bits per heavy atom. The van der Waals surface area contributed by atoms with E-state index in [9.17, 15) is 14.4 Å². The summed E-state index contributed by atoms with van der Waals surface area (Å²) in [5, 5.41) is 14.1. The summed E-state index contributed by atoms with van der Waals surface area (Å²) in [7, 11) is 0. The van der Waals surface area contributed by atoms with Gasteiger partial charge in [-0.3, -0.25) is 19.4 Å². The molecule has 0 aliphatic rings. The lowest BCUT2D eigenvalue weighted by Crippen LogP contribution is -2.34. The minimum atomic E-state index is -0.558. The summed E-state index contributed by atoms with van der Waals surface area (Å²) >= 11 is 0. The number of pyridine rings is 1. The van der Waals surface area contributed by atoms with Crippen LogP contribution in [0.15, 0.2) is 16.9 Å². The first kappa shape index (κ1) is 12.8. The summed E-state index contributed by atoms with van der Waals surface area (Å²) in [6.45, 7) is 1.92. The van der Waals surface area contributed by atoms with Gasteiger partial charge in [0.05, 0.1) is 5.56 Å². The second-order valence-corrected chi connectivity index (χ2v) is 3.36. The number of aromatic nitrogens is 1. The van der Waals surface area contributed by atoms with Gasteiger partial charge in [0.25, 0.3) is 11.5 Å². The van der Waals surface area contributed by atoms with E-state index in [-0.39, 0.29) is 23.9 Å². The number of amides is 2. The number of hydrogen-bond acceptors (Lipinski definition) is 4. The summed E-state index contributed by atoms with van der Waals surface area (Å²) in [6, 6.07) is 2.22. The first-order valence-corrected chi connectivity index (χ1v) is 4.95. The molecular weight excluding hydrogens is 226 g/mol. The van der Waals surface area contributed by atoms with E-state index >= 15 is 0 Å². The Labute approximate surface area is 96.9 Å². The van der Waals surface area contributed by atoms with Gasteiger partial charge in [-0.1, -0.05) is 0 Å². The summed E-state index contributed by atoms with van der Waals surface area (Å²) in [6.07, 6.45) is 0. The van der Waals surface area contributed by atoms with E-state index in [0.29, 0.717) is 6.54 Å². The molecule has 7 nitrogen and oxygen atoms in total. The molecule has 0 fully saturated rings. The SMILES string of the molecule is CC(=O)NCCNC(=O)c1cc(O)[nH]c(=O)c1. The maximum absolute atomic E-state index is 11.5. The number of hydrogen-bond donors (Lipinski definition) is 4. The molecule has 0 saturated heterocycles. The van der Waals surface area contributed by atoms with Crippen molar-refractivity contribution in [2.75, 3.05) is 13.1 Å². The first-order chi connectivity index (χ1) is 7.99. The Hall–Kier alpha value is -2.31. The van der Waals surface area contributed by atoms with E-state index in [1.807, 2.05) is 0 Å². The van der Waals surface area contributed by atoms with Gasteiger partial charge in [-0.15, -0.1) is 0 Å². The number of H-pyrrole nitrogens is 1. The fraction of sp³-hybridized carbons (Fsp3) is 0.300. The molecule has 92 valence electrons. The van der Waals surface area contributed by atoms with Gasteiger partial charge in [0.1, 0.15) is 0 Å². The van der Waals surface area contributed by atoms with E-state index in [2.05, 4.69) is 15.6 Å². The lowest BCUT2D eigenvalue weighted by molar-refractivity contribution is -0.118. The van der Waals surface area contributed by atoms with Crippen molar-refractivity contribution >= 4 is 11.8 Å². The van der Waals surface area contributed by atoms with Gasteiger partial charge in [0.2, 0.25) is 5.91 Å². The van der Waals surface area contributed by atoms with Crippen molar-refractivity contribution < 1.29 is 14.7 Å². The average molecular weight is 239 g/mol. The maximum Gasteiger partial charge on any atom is 0.251 e. The second-order valence-electron chi connectivity index (χ2n) is 3.36. The summed E-state index contributed by atoms with van der Waals surface area (Å²) in [4.78, 5) is 35.1. The number of aromatic hydroxyl groups is 1. The quantitative estimate of drug-likeness (QED) is 0.502. The van der Waals surface area contributed by atoms with Crippen LogP contribution in [0.1, 0.15) is 17.3 Å². The zero-order valence-corrected chi connectivity index (χ0v) is 9.24. The molecule has 0 spiro atoms. The molecule has 2 amide bonds. The van der Waals surface area contributed by atoms with Crippen LogP contribution < -0.4 is 16.2 Å². The fourth-order valence-electron chi connectivity index (χ4n) is 1.18. The van der Waals surface area contributed by atoms with E-state index in [1.165, 1.54) is 6.92 Å². The minimum absolute atomic E-state index is 0.0640. The number of carbonyl (C=O) groups excluding carboxylic acids is 2. The Morgan fingerprint density at radius 2 is 1.94 bits per heavy atom. The number of rotatable bonds is 4. The van der Waals surface area contributed by atoms with E-state index < -0.39 is 11.5 Å². The molecule has 0 saturated carbocycles. The Bertz CT molecular complexity index is 481. The third-order valence-corrected chi connectivity index (χ3v) is 1.88. The summed E-state index contributed by atoms with van der Waals surface area (Å²) in [5.74, 6) is -1.05. The molecule has 1 aromatic heterocycles. The lowest BCUT2D eigenvalue weighted by Gasteiger charge is -2.05. The highest BCUT2D eigenvalue weighted by molar-refractivity contribution is 5.94. The zero-order chi connectivity index (χ0) is 12.8. The molecule has 0 aromatic carbocycles. The van der Waals surface area contributed by atoms with E-state index in [0.717, 1.165) is 12.1 Å². The predicted octanol–water partition coefficient (Wildman–Crippen LogP) is -1.05. The smallest absolute Gasteiger partial charge is 0.251 e. The molecule has 1 rings (SSSR count). The van der Waals surface area contributed by atoms with Crippen molar-refractivity contribution in [2.45, 2.75) is 6.92 Å². The van der Waals surface area contributed by atoms with Crippen LogP contribution in [0.2, 0.25) is 0 Å². The Balaban J connectivity index is 2.52. The molecule has 0 bridgehead atoms. The van der Waals surface area contributed by atoms with Crippen LogP contribution in [-0.2, 0) is 4.79 Å². The van der Waals surface area contributed by atoms with Gasteiger partial charge in [-0.2, -0.15) is 0 Å². The molecule has 1 aromatic rings. The monoisotopic (exact) mass is 239 g/mol. The standard InChI is InChI=1S/C10H13N3O4/c1-6(14)11-2-3-12-10(17)7-4-8(15)13-9(16)5-7/h4-5H,2-3H2,1H3,(H,11,14)(H,12,17)(H2,13,15,16). The van der Waals surface area contributed by atoms with Crippen molar-refractivity contribution in [3.63, 3.8) is 0 Å². The third-order valence-electron chi connectivity index (χ3n) is 1.88. The second kappa shape index (κ2) is 5.69. The highest BCUT2D eigenvalue weighted by Crippen LogP contribution is 2.03. The van der Waals surface area contributed by atoms with Crippen LogP contribution in [0.3, 0.4) is 0 Å². The fourth-order valence-corrected chi connectivity index (χ4v) is 1.18. The van der Waals surface area contributed by atoms with Crippen LogP contribution in [0.5, 0.6) is 5.88 Å². The van der Waals surface area contributed by atoms with Crippen molar-refractivity contribution in [1.82, 2.24) is 15.6 Å².